The largest absolute Gasteiger partial charge is 0.489 e. The Balaban J connectivity index is 1.53. The van der Waals surface area contributed by atoms with Crippen molar-refractivity contribution >= 4 is 11.9 Å². The van der Waals surface area contributed by atoms with E-state index < -0.39 is 5.97 Å². The van der Waals surface area contributed by atoms with Gasteiger partial charge in [0.05, 0.1) is 18.9 Å². The predicted molar refractivity (Wildman–Crippen MR) is 126 cm³/mol. The first-order valence-corrected chi connectivity index (χ1v) is 12.1. The van der Waals surface area contributed by atoms with Crippen molar-refractivity contribution in [1.29, 1.82) is 0 Å². The molecule has 1 aliphatic heterocycles. The molecule has 34 heavy (non-hydrogen) atoms. The standard InChI is InChI=1S/C25H34N4O5/c1-16-19(17(2)27(3)26-16)9-10-22(30)28-12-11-20-24(25(32)33-4)21(34-18-7-5-6-8-18)15-23(31)29(20)14-13-28/h15,18H,5-14H2,1-4H3. The Labute approximate surface area is 199 Å². The summed E-state index contributed by atoms with van der Waals surface area (Å²) in [5, 5.41) is 4.43. The van der Waals surface area contributed by atoms with Crippen molar-refractivity contribution in [2.75, 3.05) is 20.2 Å². The minimum absolute atomic E-state index is 0.00843. The molecule has 0 spiro atoms. The van der Waals surface area contributed by atoms with Crippen molar-refractivity contribution in [3.63, 3.8) is 0 Å². The van der Waals surface area contributed by atoms with E-state index in [4.69, 9.17) is 9.47 Å². The zero-order chi connectivity index (χ0) is 24.4. The molecule has 4 rings (SSSR count). The molecule has 9 heteroatoms. The van der Waals surface area contributed by atoms with Crippen LogP contribution in [0.1, 0.15) is 65.1 Å². The average Bonchev–Trinajstić information content (AvgIpc) is 3.32. The Morgan fingerprint density at radius 1 is 1.15 bits per heavy atom. The Hall–Kier alpha value is -3.10. The lowest BCUT2D eigenvalue weighted by Gasteiger charge is -2.20. The second-order valence-electron chi connectivity index (χ2n) is 9.24. The minimum atomic E-state index is -0.515. The molecule has 1 saturated carbocycles. The van der Waals surface area contributed by atoms with Gasteiger partial charge >= 0.3 is 5.97 Å². The van der Waals surface area contributed by atoms with Crippen molar-refractivity contribution < 1.29 is 19.1 Å². The SMILES string of the molecule is COC(=O)c1c(OC2CCCC2)cc(=O)n2c1CCN(C(=O)CCc1c(C)nn(C)c1C)CC2. The molecule has 2 aliphatic rings. The number of hydrogen-bond acceptors (Lipinski definition) is 6. The molecule has 1 fully saturated rings. The molecule has 1 amide bonds. The van der Waals surface area contributed by atoms with Crippen molar-refractivity contribution in [2.24, 2.45) is 7.05 Å². The number of fused-ring (bicyclic) bond motifs is 1. The number of methoxy groups -OCH3 is 1. The van der Waals surface area contributed by atoms with Crippen molar-refractivity contribution in [2.45, 2.75) is 71.4 Å². The molecule has 0 bridgehead atoms. The van der Waals surface area contributed by atoms with Gasteiger partial charge in [0.2, 0.25) is 5.91 Å². The van der Waals surface area contributed by atoms with Gasteiger partial charge in [-0.25, -0.2) is 4.79 Å². The predicted octanol–water partition coefficient (Wildman–Crippen LogP) is 2.32. The van der Waals surface area contributed by atoms with Crippen LogP contribution in [0.25, 0.3) is 0 Å². The van der Waals surface area contributed by atoms with E-state index in [2.05, 4.69) is 5.10 Å². The summed E-state index contributed by atoms with van der Waals surface area (Å²) in [6.07, 6.45) is 5.38. The van der Waals surface area contributed by atoms with Crippen molar-refractivity contribution in [3.05, 3.63) is 44.6 Å². The van der Waals surface area contributed by atoms with E-state index in [1.807, 2.05) is 25.6 Å². The smallest absolute Gasteiger partial charge is 0.343 e. The van der Waals surface area contributed by atoms with Crippen LogP contribution in [0.3, 0.4) is 0 Å². The lowest BCUT2D eigenvalue weighted by atomic mass is 10.1. The van der Waals surface area contributed by atoms with E-state index in [1.54, 1.807) is 9.47 Å². The Morgan fingerprint density at radius 3 is 2.53 bits per heavy atom. The molecular formula is C25H34N4O5. The van der Waals surface area contributed by atoms with Crippen LogP contribution in [0, 0.1) is 13.8 Å². The first-order valence-electron chi connectivity index (χ1n) is 12.1. The monoisotopic (exact) mass is 470 g/mol. The van der Waals surface area contributed by atoms with Gasteiger partial charge in [-0.3, -0.25) is 14.3 Å². The summed E-state index contributed by atoms with van der Waals surface area (Å²) in [4.78, 5) is 40.5. The quantitative estimate of drug-likeness (QED) is 0.602. The van der Waals surface area contributed by atoms with Gasteiger partial charge in [0.15, 0.2) is 0 Å². The number of esters is 1. The average molecular weight is 471 g/mol. The van der Waals surface area contributed by atoms with E-state index in [1.165, 1.54) is 13.2 Å². The highest BCUT2D eigenvalue weighted by molar-refractivity contribution is 5.93. The maximum absolute atomic E-state index is 13.1. The Bertz CT molecular complexity index is 1140. The molecule has 0 N–H and O–H groups in total. The normalized spacial score (nSPS) is 16.3. The zero-order valence-corrected chi connectivity index (χ0v) is 20.6. The summed E-state index contributed by atoms with van der Waals surface area (Å²) in [6.45, 7) is 5.15. The van der Waals surface area contributed by atoms with E-state index in [0.717, 1.165) is 42.6 Å². The number of carbonyl (C=O) groups excluding carboxylic acids is 2. The maximum Gasteiger partial charge on any atom is 0.343 e. The van der Waals surface area contributed by atoms with Crippen LogP contribution in [0.5, 0.6) is 5.75 Å². The topological polar surface area (TPSA) is 95.7 Å². The number of nitrogens with zero attached hydrogens (tertiary/aromatic N) is 4. The molecule has 3 heterocycles. The van der Waals surface area contributed by atoms with Gasteiger partial charge in [0.1, 0.15) is 11.3 Å². The zero-order valence-electron chi connectivity index (χ0n) is 20.6. The van der Waals surface area contributed by atoms with Gasteiger partial charge in [-0.05, 0) is 51.5 Å². The van der Waals surface area contributed by atoms with Crippen molar-refractivity contribution in [3.8, 4) is 5.75 Å². The lowest BCUT2D eigenvalue weighted by Crippen LogP contribution is -2.34. The third-order valence-electron chi connectivity index (χ3n) is 7.18. The van der Waals surface area contributed by atoms with Crippen LogP contribution >= 0.6 is 0 Å². The van der Waals surface area contributed by atoms with Gasteiger partial charge in [-0.2, -0.15) is 5.10 Å². The van der Waals surface area contributed by atoms with Crippen LogP contribution in [0.2, 0.25) is 0 Å². The number of pyridine rings is 1. The number of aryl methyl sites for hydroxylation is 2. The third-order valence-corrected chi connectivity index (χ3v) is 7.18. The van der Waals surface area contributed by atoms with Crippen molar-refractivity contribution in [1.82, 2.24) is 19.2 Å². The van der Waals surface area contributed by atoms with Gasteiger partial charge < -0.3 is 18.9 Å². The number of carbonyl (C=O) groups is 2. The fraction of sp³-hybridized carbons (Fsp3) is 0.600. The fourth-order valence-corrected chi connectivity index (χ4v) is 5.17. The van der Waals surface area contributed by atoms with Gasteiger partial charge in [-0.15, -0.1) is 0 Å². The molecule has 184 valence electrons. The summed E-state index contributed by atoms with van der Waals surface area (Å²) < 4.78 is 14.6. The lowest BCUT2D eigenvalue weighted by molar-refractivity contribution is -0.131. The molecule has 2 aromatic rings. The molecule has 0 radical (unpaired) electrons. The van der Waals surface area contributed by atoms with Gasteiger partial charge in [0.25, 0.3) is 5.56 Å². The number of amides is 1. The van der Waals surface area contributed by atoms with E-state index >= 15 is 0 Å². The summed E-state index contributed by atoms with van der Waals surface area (Å²) in [7, 11) is 3.24. The molecule has 0 saturated heterocycles. The second kappa shape index (κ2) is 10.0. The minimum Gasteiger partial charge on any atom is -0.489 e. The van der Waals surface area contributed by atoms with Crippen LogP contribution in [-0.4, -0.2) is 57.4 Å². The summed E-state index contributed by atoms with van der Waals surface area (Å²) >= 11 is 0. The highest BCUT2D eigenvalue weighted by atomic mass is 16.5. The molecule has 0 aromatic carbocycles. The third kappa shape index (κ3) is 4.74. The van der Waals surface area contributed by atoms with Crippen LogP contribution < -0.4 is 10.3 Å². The molecule has 0 atom stereocenters. The van der Waals surface area contributed by atoms with Gasteiger partial charge in [0, 0.05) is 57.0 Å². The molecule has 2 aromatic heterocycles. The number of rotatable bonds is 6. The molecule has 0 unspecified atom stereocenters. The Morgan fingerprint density at radius 2 is 1.88 bits per heavy atom. The molecular weight excluding hydrogens is 436 g/mol. The van der Waals surface area contributed by atoms with E-state index in [9.17, 15) is 14.4 Å². The first kappa shape index (κ1) is 24.0. The highest BCUT2D eigenvalue weighted by Gasteiger charge is 2.29. The fourth-order valence-electron chi connectivity index (χ4n) is 5.17. The Kier molecular flexibility index (Phi) is 7.09. The summed E-state index contributed by atoms with van der Waals surface area (Å²) in [5.74, 6) is -0.179. The molecule has 9 nitrogen and oxygen atoms in total. The number of hydrogen-bond donors (Lipinski definition) is 0. The number of ether oxygens (including phenoxy) is 2. The van der Waals surface area contributed by atoms with Crippen LogP contribution in [0.15, 0.2) is 10.9 Å². The highest BCUT2D eigenvalue weighted by Crippen LogP contribution is 2.29. The first-order chi connectivity index (χ1) is 16.3. The van der Waals surface area contributed by atoms with Gasteiger partial charge in [-0.1, -0.05) is 0 Å². The van der Waals surface area contributed by atoms with E-state index in [-0.39, 0.29) is 17.6 Å². The van der Waals surface area contributed by atoms with Crippen LogP contribution in [0.4, 0.5) is 0 Å². The van der Waals surface area contributed by atoms with E-state index in [0.29, 0.717) is 55.9 Å². The second-order valence-corrected chi connectivity index (χ2v) is 9.24. The molecule has 1 aliphatic carbocycles. The van der Waals surface area contributed by atoms with Crippen LogP contribution in [-0.2, 0) is 36.0 Å². The summed E-state index contributed by atoms with van der Waals surface area (Å²) in [5.41, 5.74) is 3.79. The number of aromatic nitrogens is 3. The maximum atomic E-state index is 13.1. The summed E-state index contributed by atoms with van der Waals surface area (Å²) in [6, 6.07) is 1.40.